The first-order valence-corrected chi connectivity index (χ1v) is 9.09. The molecule has 5 rings (SSSR count). The Morgan fingerprint density at radius 2 is 1.85 bits per heavy atom. The SMILES string of the molecule is O=C(c1ccccn1)N1C[C@H]2CC[C@@H](C1)N(C(=O)Cc1ccncc1)C2. The van der Waals surface area contributed by atoms with E-state index in [2.05, 4.69) is 9.97 Å². The molecule has 6 nitrogen and oxygen atoms in total. The lowest BCUT2D eigenvalue weighted by atomic mass is 9.94. The van der Waals surface area contributed by atoms with Crippen molar-refractivity contribution >= 4 is 11.8 Å². The summed E-state index contributed by atoms with van der Waals surface area (Å²) in [6.07, 6.45) is 7.48. The third-order valence-corrected chi connectivity index (χ3v) is 5.31. The first-order valence-electron chi connectivity index (χ1n) is 9.09. The van der Waals surface area contributed by atoms with Crippen LogP contribution in [0.1, 0.15) is 28.9 Å². The predicted molar refractivity (Wildman–Crippen MR) is 96.3 cm³/mol. The molecular weight excluding hydrogens is 328 g/mol. The van der Waals surface area contributed by atoms with E-state index in [4.69, 9.17) is 0 Å². The van der Waals surface area contributed by atoms with Crippen molar-refractivity contribution in [3.8, 4) is 0 Å². The minimum atomic E-state index is -0.0362. The van der Waals surface area contributed by atoms with Crippen molar-refractivity contribution in [1.29, 1.82) is 0 Å². The smallest absolute Gasteiger partial charge is 0.272 e. The van der Waals surface area contributed by atoms with Crippen LogP contribution in [0.4, 0.5) is 0 Å². The molecule has 0 radical (unpaired) electrons. The summed E-state index contributed by atoms with van der Waals surface area (Å²) in [6.45, 7) is 2.03. The fourth-order valence-electron chi connectivity index (χ4n) is 3.98. The van der Waals surface area contributed by atoms with Gasteiger partial charge in [0.1, 0.15) is 5.69 Å². The van der Waals surface area contributed by atoms with Crippen molar-refractivity contribution in [1.82, 2.24) is 19.8 Å². The molecule has 2 amide bonds. The predicted octanol–water partition coefficient (Wildman–Crippen LogP) is 1.78. The average Bonchev–Trinajstić information content (AvgIpc) is 3.01. The molecule has 0 N–H and O–H groups in total. The Bertz CT molecular complexity index is 781. The Balaban J connectivity index is 1.48. The molecule has 0 aromatic carbocycles. The number of aromatic nitrogens is 2. The van der Waals surface area contributed by atoms with Crippen LogP contribution in [0.5, 0.6) is 0 Å². The molecule has 3 aliphatic rings. The monoisotopic (exact) mass is 350 g/mol. The first kappa shape index (κ1) is 16.7. The van der Waals surface area contributed by atoms with Crippen LogP contribution in [0.15, 0.2) is 48.9 Å². The molecule has 5 heterocycles. The zero-order valence-electron chi connectivity index (χ0n) is 14.6. The van der Waals surface area contributed by atoms with Crippen LogP contribution in [0.25, 0.3) is 0 Å². The number of rotatable bonds is 3. The van der Waals surface area contributed by atoms with E-state index in [9.17, 15) is 9.59 Å². The second-order valence-corrected chi connectivity index (χ2v) is 7.10. The Kier molecular flexibility index (Phi) is 4.65. The molecule has 3 saturated heterocycles. The zero-order valence-corrected chi connectivity index (χ0v) is 14.6. The van der Waals surface area contributed by atoms with Crippen LogP contribution in [0, 0.1) is 5.92 Å². The van der Waals surface area contributed by atoms with Crippen molar-refractivity contribution in [2.45, 2.75) is 25.3 Å². The molecule has 134 valence electrons. The average molecular weight is 350 g/mol. The quantitative estimate of drug-likeness (QED) is 0.846. The zero-order chi connectivity index (χ0) is 17.9. The van der Waals surface area contributed by atoms with Crippen molar-refractivity contribution in [3.05, 3.63) is 60.2 Å². The van der Waals surface area contributed by atoms with E-state index in [1.807, 2.05) is 34.1 Å². The molecule has 0 spiro atoms. The summed E-state index contributed by atoms with van der Waals surface area (Å²) >= 11 is 0. The molecule has 3 fully saturated rings. The maximum absolute atomic E-state index is 12.8. The lowest BCUT2D eigenvalue weighted by Gasteiger charge is -2.36. The van der Waals surface area contributed by atoms with Gasteiger partial charge in [-0.1, -0.05) is 6.07 Å². The molecular formula is C20H22N4O2. The van der Waals surface area contributed by atoms with E-state index in [0.29, 0.717) is 31.1 Å². The molecule has 6 heteroatoms. The van der Waals surface area contributed by atoms with Gasteiger partial charge in [0.2, 0.25) is 5.91 Å². The molecule has 0 unspecified atom stereocenters. The second-order valence-electron chi connectivity index (χ2n) is 7.10. The third kappa shape index (κ3) is 3.45. The van der Waals surface area contributed by atoms with Crippen LogP contribution < -0.4 is 0 Å². The summed E-state index contributed by atoms with van der Waals surface area (Å²) in [5, 5.41) is 0. The number of fused-ring (bicyclic) bond motifs is 4. The first-order chi connectivity index (χ1) is 12.7. The van der Waals surface area contributed by atoms with Gasteiger partial charge in [-0.3, -0.25) is 19.6 Å². The molecule has 2 aromatic rings. The molecule has 0 aliphatic carbocycles. The van der Waals surface area contributed by atoms with Gasteiger partial charge in [-0.2, -0.15) is 0 Å². The van der Waals surface area contributed by atoms with Gasteiger partial charge in [0.15, 0.2) is 0 Å². The number of hydrogen-bond donors (Lipinski definition) is 0. The van der Waals surface area contributed by atoms with Crippen LogP contribution in [0.2, 0.25) is 0 Å². The Labute approximate surface area is 152 Å². The standard InChI is InChI=1S/C20H22N4O2/c25-19(11-15-6-9-21-10-7-15)24-13-16-4-5-17(24)14-23(12-16)20(26)18-3-1-2-8-22-18/h1-3,6-10,16-17H,4-5,11-14H2/t16-,17+/m1/s1. The summed E-state index contributed by atoms with van der Waals surface area (Å²) in [5.74, 6) is 0.437. The number of amides is 2. The topological polar surface area (TPSA) is 66.4 Å². The van der Waals surface area contributed by atoms with E-state index >= 15 is 0 Å². The number of piperidine rings is 1. The number of pyridine rings is 2. The Morgan fingerprint density at radius 3 is 2.62 bits per heavy atom. The van der Waals surface area contributed by atoms with Gasteiger partial charge in [0.05, 0.1) is 6.42 Å². The minimum Gasteiger partial charge on any atom is -0.337 e. The number of nitrogens with zero attached hydrogens (tertiary/aromatic N) is 4. The number of hydrogen-bond acceptors (Lipinski definition) is 4. The molecule has 2 aromatic heterocycles. The summed E-state index contributed by atoms with van der Waals surface area (Å²) in [7, 11) is 0. The van der Waals surface area contributed by atoms with Crippen LogP contribution >= 0.6 is 0 Å². The van der Waals surface area contributed by atoms with Gasteiger partial charge in [-0.15, -0.1) is 0 Å². The fraction of sp³-hybridized carbons (Fsp3) is 0.400. The van der Waals surface area contributed by atoms with Gasteiger partial charge >= 0.3 is 0 Å². The Hall–Kier alpha value is -2.76. The summed E-state index contributed by atoms with van der Waals surface area (Å²) in [6, 6.07) is 9.24. The summed E-state index contributed by atoms with van der Waals surface area (Å²) in [4.78, 5) is 37.7. The number of carbonyl (C=O) groups excluding carboxylic acids is 2. The van der Waals surface area contributed by atoms with E-state index in [-0.39, 0.29) is 17.9 Å². The van der Waals surface area contributed by atoms with Gasteiger partial charge in [0, 0.05) is 44.3 Å². The van der Waals surface area contributed by atoms with E-state index in [0.717, 1.165) is 24.9 Å². The van der Waals surface area contributed by atoms with Crippen molar-refractivity contribution < 1.29 is 9.59 Å². The normalized spacial score (nSPS) is 22.2. The van der Waals surface area contributed by atoms with Gasteiger partial charge in [-0.25, -0.2) is 0 Å². The van der Waals surface area contributed by atoms with Crippen molar-refractivity contribution in [2.75, 3.05) is 19.6 Å². The highest BCUT2D eigenvalue weighted by atomic mass is 16.2. The molecule has 26 heavy (non-hydrogen) atoms. The third-order valence-electron chi connectivity index (χ3n) is 5.31. The lowest BCUT2D eigenvalue weighted by molar-refractivity contribution is -0.134. The molecule has 2 atom stereocenters. The van der Waals surface area contributed by atoms with E-state index < -0.39 is 0 Å². The lowest BCUT2D eigenvalue weighted by Crippen LogP contribution is -2.48. The highest BCUT2D eigenvalue weighted by molar-refractivity contribution is 5.92. The molecule has 0 saturated carbocycles. The fourth-order valence-corrected chi connectivity index (χ4v) is 3.98. The van der Waals surface area contributed by atoms with Gasteiger partial charge < -0.3 is 9.80 Å². The summed E-state index contributed by atoms with van der Waals surface area (Å²) in [5.41, 5.74) is 1.45. The van der Waals surface area contributed by atoms with E-state index in [1.54, 1.807) is 24.7 Å². The van der Waals surface area contributed by atoms with Gasteiger partial charge in [-0.05, 0) is 48.6 Å². The van der Waals surface area contributed by atoms with Gasteiger partial charge in [0.25, 0.3) is 5.91 Å². The van der Waals surface area contributed by atoms with Crippen molar-refractivity contribution in [2.24, 2.45) is 5.92 Å². The summed E-state index contributed by atoms with van der Waals surface area (Å²) < 4.78 is 0. The second kappa shape index (κ2) is 7.23. The van der Waals surface area contributed by atoms with Crippen LogP contribution in [-0.2, 0) is 11.2 Å². The van der Waals surface area contributed by atoms with E-state index in [1.165, 1.54) is 0 Å². The van der Waals surface area contributed by atoms with Crippen LogP contribution in [-0.4, -0.2) is 57.3 Å². The van der Waals surface area contributed by atoms with Crippen molar-refractivity contribution in [3.63, 3.8) is 0 Å². The maximum Gasteiger partial charge on any atom is 0.272 e. The highest BCUT2D eigenvalue weighted by Crippen LogP contribution is 2.29. The largest absolute Gasteiger partial charge is 0.337 e. The molecule has 2 bridgehead atoms. The van der Waals surface area contributed by atoms with Crippen LogP contribution in [0.3, 0.4) is 0 Å². The number of carbonyl (C=O) groups is 2. The maximum atomic E-state index is 12.8. The Morgan fingerprint density at radius 1 is 1.00 bits per heavy atom. The molecule has 3 aliphatic heterocycles. The highest BCUT2D eigenvalue weighted by Gasteiger charge is 2.38. The minimum absolute atomic E-state index is 0.0362.